The lowest BCUT2D eigenvalue weighted by molar-refractivity contribution is 0.103. The van der Waals surface area contributed by atoms with Gasteiger partial charge in [-0.05, 0) is 56.5 Å². The van der Waals surface area contributed by atoms with Crippen LogP contribution in [0.4, 0.5) is 4.79 Å². The van der Waals surface area contributed by atoms with Gasteiger partial charge >= 0.3 is 6.09 Å². The second kappa shape index (κ2) is 11.0. The van der Waals surface area contributed by atoms with Gasteiger partial charge in [0.25, 0.3) is 0 Å². The van der Waals surface area contributed by atoms with E-state index in [4.69, 9.17) is 4.74 Å². The third-order valence-corrected chi connectivity index (χ3v) is 7.63. The molecule has 0 spiro atoms. The van der Waals surface area contributed by atoms with E-state index in [0.717, 1.165) is 32.2 Å². The lowest BCUT2D eigenvalue weighted by Gasteiger charge is -2.19. The number of benzene rings is 2. The summed E-state index contributed by atoms with van der Waals surface area (Å²) in [6, 6.07) is 21.7. The molecular formula is C26H30N2O3S2. The Labute approximate surface area is 203 Å². The number of thiophene rings is 1. The van der Waals surface area contributed by atoms with E-state index < -0.39 is 16.1 Å². The highest BCUT2D eigenvalue weighted by Gasteiger charge is 2.27. The second-order valence-corrected chi connectivity index (χ2v) is 11.7. The summed E-state index contributed by atoms with van der Waals surface area (Å²) < 4.78 is 21.8. The van der Waals surface area contributed by atoms with Gasteiger partial charge in [0.1, 0.15) is 28.4 Å². The first-order valence-electron chi connectivity index (χ1n) is 10.7. The first-order chi connectivity index (χ1) is 15.6. The van der Waals surface area contributed by atoms with Gasteiger partial charge in [-0.15, -0.1) is 11.3 Å². The van der Waals surface area contributed by atoms with Crippen molar-refractivity contribution in [1.82, 2.24) is 4.90 Å². The van der Waals surface area contributed by atoms with Gasteiger partial charge in [0, 0.05) is 18.5 Å². The predicted octanol–water partition coefficient (Wildman–Crippen LogP) is 6.45. The van der Waals surface area contributed by atoms with Crippen LogP contribution >= 0.6 is 11.3 Å². The topological polar surface area (TPSA) is 65.0 Å². The fourth-order valence-corrected chi connectivity index (χ4v) is 4.72. The number of nitrogens with zero attached hydrogens (tertiary/aromatic N) is 2. The fourth-order valence-electron chi connectivity index (χ4n) is 3.03. The Balaban J connectivity index is 1.72. The molecule has 0 aliphatic rings. The maximum absolute atomic E-state index is 12.5. The van der Waals surface area contributed by atoms with E-state index in [-0.39, 0.29) is 12.7 Å². The molecule has 7 heteroatoms. The molecule has 2 aromatic carbocycles. The normalized spacial score (nSPS) is 13.0. The molecule has 33 heavy (non-hydrogen) atoms. The lowest BCUT2D eigenvalue weighted by atomic mass is 10.1. The second-order valence-electron chi connectivity index (χ2n) is 8.76. The van der Waals surface area contributed by atoms with E-state index in [2.05, 4.69) is 4.40 Å². The zero-order chi connectivity index (χ0) is 24.0. The molecule has 0 saturated heterocycles. The van der Waals surface area contributed by atoms with E-state index in [1.807, 2.05) is 94.4 Å². The molecular weight excluding hydrogens is 452 g/mol. The summed E-state index contributed by atoms with van der Waals surface area (Å²) in [6.07, 6.45) is -0.367. The van der Waals surface area contributed by atoms with Crippen LogP contribution in [0.3, 0.4) is 0 Å². The summed E-state index contributed by atoms with van der Waals surface area (Å²) in [4.78, 5) is 16.1. The Morgan fingerprint density at radius 2 is 1.73 bits per heavy atom. The molecule has 0 bridgehead atoms. The highest BCUT2D eigenvalue weighted by molar-refractivity contribution is 7.91. The number of hydrogen-bond donors (Lipinski definition) is 0. The average Bonchev–Trinajstić information content (AvgIpc) is 3.28. The number of carbonyl (C=O) groups is 1. The van der Waals surface area contributed by atoms with Crippen LogP contribution in [0.15, 0.2) is 71.1 Å². The molecule has 1 unspecified atom stereocenters. The summed E-state index contributed by atoms with van der Waals surface area (Å²) in [5.74, 6) is 0. The molecule has 0 aliphatic heterocycles. The molecule has 0 fully saturated rings. The number of rotatable bonds is 7. The predicted molar refractivity (Wildman–Crippen MR) is 138 cm³/mol. The van der Waals surface area contributed by atoms with Crippen molar-refractivity contribution in [2.75, 3.05) is 7.05 Å². The summed E-state index contributed by atoms with van der Waals surface area (Å²) in [7, 11) is 1.74. The maximum atomic E-state index is 12.5. The Hall–Kier alpha value is -2.61. The van der Waals surface area contributed by atoms with Gasteiger partial charge in [0.15, 0.2) is 0 Å². The Morgan fingerprint density at radius 1 is 1.06 bits per heavy atom. The molecule has 174 valence electrons. The van der Waals surface area contributed by atoms with Crippen LogP contribution in [0, 0.1) is 0 Å². The van der Waals surface area contributed by atoms with Gasteiger partial charge in [-0.2, -0.15) is 0 Å². The number of carbonyl (C=O) groups excluding carboxylic acids is 1. The van der Waals surface area contributed by atoms with Crippen LogP contribution in [-0.2, 0) is 29.3 Å². The van der Waals surface area contributed by atoms with Crippen molar-refractivity contribution < 1.29 is 14.1 Å². The highest BCUT2D eigenvalue weighted by atomic mass is 32.2. The number of hydrogen-bond acceptors (Lipinski definition) is 5. The summed E-state index contributed by atoms with van der Waals surface area (Å²) >= 11 is 0.304. The monoisotopic (exact) mass is 482 g/mol. The van der Waals surface area contributed by atoms with Gasteiger partial charge in [-0.25, -0.2) is 4.79 Å². The standard InChI is InChI=1S/C26H30N2O3S2/c1-19(27-33(30)26(2,3)4)23-15-16-24(32-23)22-14-10-9-13-21(22)17-28(5)25(29)31-18-20-11-7-6-8-12-20/h6-16H,17-18H2,1-5H3. The van der Waals surface area contributed by atoms with Gasteiger partial charge in [0.2, 0.25) is 0 Å². The van der Waals surface area contributed by atoms with Gasteiger partial charge in [-0.3, -0.25) is 0 Å². The number of amides is 1. The van der Waals surface area contributed by atoms with Gasteiger partial charge < -0.3 is 14.2 Å². The van der Waals surface area contributed by atoms with Crippen LogP contribution in [0.25, 0.3) is 10.4 Å². The van der Waals surface area contributed by atoms with Crippen LogP contribution in [0.1, 0.15) is 43.7 Å². The zero-order valence-electron chi connectivity index (χ0n) is 19.7. The minimum Gasteiger partial charge on any atom is -0.591 e. The van der Waals surface area contributed by atoms with E-state index in [1.54, 1.807) is 23.3 Å². The molecule has 0 saturated carbocycles. The van der Waals surface area contributed by atoms with Gasteiger partial charge in [0.05, 0.1) is 4.88 Å². The van der Waals surface area contributed by atoms with E-state index in [9.17, 15) is 9.35 Å². The Morgan fingerprint density at radius 3 is 2.42 bits per heavy atom. The van der Waals surface area contributed by atoms with Crippen LogP contribution in [0.2, 0.25) is 0 Å². The minimum atomic E-state index is -1.30. The van der Waals surface area contributed by atoms with Crippen LogP contribution < -0.4 is 0 Å². The Kier molecular flexibility index (Phi) is 8.35. The third-order valence-electron chi connectivity index (χ3n) is 4.91. The first kappa shape index (κ1) is 25.0. The van der Waals surface area contributed by atoms with Crippen molar-refractivity contribution in [2.24, 2.45) is 4.40 Å². The van der Waals surface area contributed by atoms with E-state index >= 15 is 0 Å². The highest BCUT2D eigenvalue weighted by Crippen LogP contribution is 2.32. The maximum Gasteiger partial charge on any atom is 0.410 e. The molecule has 3 aromatic rings. The molecule has 1 aromatic heterocycles. The summed E-state index contributed by atoms with van der Waals surface area (Å²) in [6.45, 7) is 8.31. The molecule has 1 heterocycles. The van der Waals surface area contributed by atoms with Gasteiger partial charge in [-0.1, -0.05) is 59.0 Å². The summed E-state index contributed by atoms with van der Waals surface area (Å²) in [5.41, 5.74) is 3.80. The largest absolute Gasteiger partial charge is 0.591 e. The molecule has 0 aliphatic carbocycles. The molecule has 1 amide bonds. The quantitative estimate of drug-likeness (QED) is 0.287. The SMILES string of the molecule is CC(=N[S+]([O-])C(C)(C)C)c1ccc(-c2ccccc2CN(C)C(=O)OCc2ccccc2)s1. The van der Waals surface area contributed by atoms with Crippen molar-refractivity contribution >= 4 is 34.5 Å². The lowest BCUT2D eigenvalue weighted by Crippen LogP contribution is -2.27. The van der Waals surface area contributed by atoms with Crippen molar-refractivity contribution in [3.05, 3.63) is 82.7 Å². The van der Waals surface area contributed by atoms with Crippen molar-refractivity contribution in [3.63, 3.8) is 0 Å². The minimum absolute atomic E-state index is 0.245. The van der Waals surface area contributed by atoms with Crippen molar-refractivity contribution in [3.8, 4) is 10.4 Å². The molecule has 0 N–H and O–H groups in total. The van der Waals surface area contributed by atoms with Crippen LogP contribution in [0.5, 0.6) is 0 Å². The van der Waals surface area contributed by atoms with Crippen molar-refractivity contribution in [2.45, 2.75) is 45.6 Å². The zero-order valence-corrected chi connectivity index (χ0v) is 21.3. The van der Waals surface area contributed by atoms with Crippen LogP contribution in [-0.4, -0.2) is 33.1 Å². The first-order valence-corrected chi connectivity index (χ1v) is 12.6. The summed E-state index contributed by atoms with van der Waals surface area (Å²) in [5, 5.41) is 0. The number of ether oxygens (including phenoxy) is 1. The molecule has 5 nitrogen and oxygen atoms in total. The molecule has 3 rings (SSSR count). The van der Waals surface area contributed by atoms with E-state index in [0.29, 0.717) is 6.54 Å². The molecule has 1 atom stereocenters. The average molecular weight is 483 g/mol. The van der Waals surface area contributed by atoms with E-state index in [1.165, 1.54) is 0 Å². The smallest absolute Gasteiger partial charge is 0.410 e. The Bertz CT molecular complexity index is 1100. The third kappa shape index (κ3) is 6.93. The van der Waals surface area contributed by atoms with Crippen molar-refractivity contribution in [1.29, 1.82) is 0 Å². The molecule has 0 radical (unpaired) electrons. The fraction of sp³-hybridized carbons (Fsp3) is 0.308.